The molecule has 2 fully saturated rings. The van der Waals surface area contributed by atoms with Crippen LogP contribution in [0.4, 0.5) is 4.79 Å². The van der Waals surface area contributed by atoms with Crippen LogP contribution in [0.25, 0.3) is 0 Å². The normalized spacial score (nSPS) is 26.1. The fraction of sp³-hybridized carbons (Fsp3) is 0.417. The summed E-state index contributed by atoms with van der Waals surface area (Å²) in [5.41, 5.74) is 4.85. The van der Waals surface area contributed by atoms with Crippen LogP contribution in [0.15, 0.2) is 48.5 Å². The van der Waals surface area contributed by atoms with Crippen molar-refractivity contribution in [2.24, 2.45) is 0 Å². The van der Waals surface area contributed by atoms with Crippen molar-refractivity contribution < 1.29 is 57.4 Å². The van der Waals surface area contributed by atoms with Crippen LogP contribution in [0.2, 0.25) is 0 Å². The summed E-state index contributed by atoms with van der Waals surface area (Å²) in [6, 6.07) is 14.4. The van der Waals surface area contributed by atoms with E-state index in [0.717, 1.165) is 22.3 Å². The molecule has 2 saturated heterocycles. The smallest absolute Gasteiger partial charge is 0.504 e. The number of piperazine rings is 1. The molecule has 338 valence electrons. The van der Waals surface area contributed by atoms with Crippen molar-refractivity contribution >= 4 is 29.9 Å². The zero-order valence-corrected chi connectivity index (χ0v) is 37.5. The maximum absolute atomic E-state index is 15.1. The molecule has 4 aromatic rings. The number of hydrogen-bond acceptors (Lipinski definition) is 17. The number of ether oxygens (including phenoxy) is 8. The number of nitrogens with one attached hydrogen (secondary N) is 1. The van der Waals surface area contributed by atoms with E-state index < -0.39 is 53.1 Å². The van der Waals surface area contributed by atoms with E-state index in [1.165, 1.54) is 32.9 Å². The Morgan fingerprint density at radius 1 is 0.985 bits per heavy atom. The van der Waals surface area contributed by atoms with Crippen LogP contribution < -0.4 is 33.7 Å². The number of methoxy groups -OCH3 is 2. The Labute approximate surface area is 379 Å². The molecule has 7 atom stereocenters. The van der Waals surface area contributed by atoms with Gasteiger partial charge in [-0.15, -0.1) is 11.8 Å². The number of carbonyl (C=O) groups excluding carboxylic acids is 3. The molecule has 1 spiro atoms. The Morgan fingerprint density at radius 3 is 2.51 bits per heavy atom. The van der Waals surface area contributed by atoms with Gasteiger partial charge < -0.3 is 43.0 Å². The number of likely N-dealkylation sites (N-methyl/N-ethyl adjacent to an activating group) is 1. The molecule has 0 radical (unpaired) electrons. The predicted octanol–water partition coefficient (Wildman–Crippen LogP) is 6.00. The van der Waals surface area contributed by atoms with Gasteiger partial charge in [0.2, 0.25) is 6.79 Å². The number of aryl methyl sites for hydroxylation is 1. The highest BCUT2D eigenvalue weighted by molar-refractivity contribution is 7.99. The number of rotatable bonds is 6. The van der Waals surface area contributed by atoms with E-state index in [2.05, 4.69) is 21.2 Å². The number of phenols is 1. The zero-order chi connectivity index (χ0) is 45.5. The standard InChI is InChI=1S/C48H48N4O12S/c1-23-14-28-15-30-31(18-49)52-32-20-59-46(55)48(29-17-33(57-5)34(16-27(29)12-13-50-48)64-47(56)60-19-26-10-8-7-9-11-26)21-65-45(39(52)38(51(30)4)35(28)40(54)41(23)58-6)37-36(32)44-43(61-22-62-44)24(2)42(37)63-25(3)53/h7-11,14,16-17,30-32,38-39,45,50,54H,12-13,15,19-22H2,1-6H3/t30-,31+,32+,38-,39?,45-,48-/m1/s1. The largest absolute Gasteiger partial charge is 0.514 e. The van der Waals surface area contributed by atoms with Crippen LogP contribution in [0.5, 0.6) is 40.2 Å². The molecule has 0 amide bonds. The Kier molecular flexibility index (Phi) is 10.8. The van der Waals surface area contributed by atoms with E-state index in [1.807, 2.05) is 57.3 Å². The van der Waals surface area contributed by atoms with Crippen LogP contribution in [-0.4, -0.2) is 98.1 Å². The number of carbonyl (C=O) groups is 3. The molecule has 0 saturated carbocycles. The lowest BCUT2D eigenvalue weighted by molar-refractivity contribution is -0.157. The number of esters is 2. The highest BCUT2D eigenvalue weighted by Crippen LogP contribution is 2.64. The summed E-state index contributed by atoms with van der Waals surface area (Å²) in [6.07, 6.45) is 0.0297. The minimum Gasteiger partial charge on any atom is -0.504 e. The van der Waals surface area contributed by atoms with Gasteiger partial charge in [-0.25, -0.2) is 9.59 Å². The number of hydrogen-bond donors (Lipinski definition) is 2. The van der Waals surface area contributed by atoms with Gasteiger partial charge in [0, 0.05) is 53.6 Å². The van der Waals surface area contributed by atoms with Crippen molar-refractivity contribution in [3.63, 3.8) is 0 Å². The number of aromatic hydroxyl groups is 1. The monoisotopic (exact) mass is 904 g/mol. The second-order valence-electron chi connectivity index (χ2n) is 17.2. The topological polar surface area (TPSA) is 188 Å². The van der Waals surface area contributed by atoms with E-state index in [0.29, 0.717) is 70.2 Å². The maximum Gasteiger partial charge on any atom is 0.514 e. The first-order valence-electron chi connectivity index (χ1n) is 21.5. The molecule has 65 heavy (non-hydrogen) atoms. The summed E-state index contributed by atoms with van der Waals surface area (Å²) in [6.45, 7) is 5.13. The lowest BCUT2D eigenvalue weighted by Crippen LogP contribution is -2.69. The summed E-state index contributed by atoms with van der Waals surface area (Å²) in [7, 11) is 4.96. The molecule has 4 bridgehead atoms. The lowest BCUT2D eigenvalue weighted by Gasteiger charge is -2.62. The molecule has 17 heteroatoms. The van der Waals surface area contributed by atoms with Gasteiger partial charge in [0.25, 0.3) is 0 Å². The second kappa shape index (κ2) is 16.4. The molecule has 16 nitrogen and oxygen atoms in total. The number of nitriles is 1. The average Bonchev–Trinajstić information content (AvgIpc) is 3.79. The second-order valence-corrected chi connectivity index (χ2v) is 18.3. The number of fused-ring (bicyclic) bond motifs is 9. The number of phenolic OH excluding ortho intramolecular Hbond substituents is 1. The molecule has 7 aliphatic heterocycles. The predicted molar refractivity (Wildman–Crippen MR) is 234 cm³/mol. The Hall–Kier alpha value is -6.19. The van der Waals surface area contributed by atoms with E-state index in [9.17, 15) is 20.0 Å². The Morgan fingerprint density at radius 2 is 1.77 bits per heavy atom. The first-order valence-corrected chi connectivity index (χ1v) is 22.5. The van der Waals surface area contributed by atoms with Crippen molar-refractivity contribution in [1.82, 2.24) is 15.1 Å². The minimum absolute atomic E-state index is 0.0121. The number of benzene rings is 4. The molecule has 11 rings (SSSR count). The zero-order valence-electron chi connectivity index (χ0n) is 36.7. The van der Waals surface area contributed by atoms with Gasteiger partial charge >= 0.3 is 18.1 Å². The van der Waals surface area contributed by atoms with Crippen molar-refractivity contribution in [1.29, 1.82) is 5.26 Å². The molecule has 2 N–H and O–H groups in total. The first kappa shape index (κ1) is 42.7. The van der Waals surface area contributed by atoms with Gasteiger partial charge in [-0.05, 0) is 73.7 Å². The van der Waals surface area contributed by atoms with E-state index in [-0.39, 0.29) is 49.0 Å². The third-order valence-electron chi connectivity index (χ3n) is 13.8. The lowest BCUT2D eigenvalue weighted by atomic mass is 9.71. The fourth-order valence-electron chi connectivity index (χ4n) is 11.1. The van der Waals surface area contributed by atoms with Crippen molar-refractivity contribution in [3.05, 3.63) is 98.6 Å². The van der Waals surface area contributed by atoms with Crippen molar-refractivity contribution in [3.8, 4) is 46.3 Å². The average molecular weight is 905 g/mol. The number of thioether (sulfide) groups is 1. The third kappa shape index (κ3) is 6.63. The van der Waals surface area contributed by atoms with Crippen molar-refractivity contribution in [2.45, 2.75) is 81.2 Å². The molecule has 4 aromatic carbocycles. The number of nitrogens with zero attached hydrogens (tertiary/aromatic N) is 3. The summed E-state index contributed by atoms with van der Waals surface area (Å²) >= 11 is 1.45. The summed E-state index contributed by atoms with van der Waals surface area (Å²) in [5, 5.41) is 26.3. The quantitative estimate of drug-likeness (QED) is 0.130. The van der Waals surface area contributed by atoms with E-state index >= 15 is 4.79 Å². The van der Waals surface area contributed by atoms with Gasteiger partial charge in [-0.2, -0.15) is 5.26 Å². The van der Waals surface area contributed by atoms with Crippen molar-refractivity contribution in [2.75, 3.05) is 47.0 Å². The minimum atomic E-state index is -1.46. The van der Waals surface area contributed by atoms with Crippen LogP contribution in [-0.2, 0) is 44.1 Å². The van der Waals surface area contributed by atoms with Gasteiger partial charge in [0.15, 0.2) is 40.0 Å². The molecular formula is C48H48N4O12S. The van der Waals surface area contributed by atoms with Crippen LogP contribution in [0.3, 0.4) is 0 Å². The molecular weight excluding hydrogens is 857 g/mol. The van der Waals surface area contributed by atoms with Gasteiger partial charge in [-0.3, -0.25) is 19.9 Å². The van der Waals surface area contributed by atoms with E-state index in [1.54, 1.807) is 12.1 Å². The van der Waals surface area contributed by atoms with Gasteiger partial charge in [0.05, 0.1) is 37.6 Å². The fourth-order valence-corrected chi connectivity index (χ4v) is 12.8. The molecule has 7 aliphatic rings. The molecule has 7 heterocycles. The van der Waals surface area contributed by atoms with E-state index in [4.69, 9.17) is 37.9 Å². The maximum atomic E-state index is 15.1. The van der Waals surface area contributed by atoms with Crippen LogP contribution in [0, 0.1) is 25.2 Å². The molecule has 1 unspecified atom stereocenters. The highest BCUT2D eigenvalue weighted by Gasteiger charge is 2.62. The molecule has 0 aromatic heterocycles. The SMILES string of the molecule is COc1cc2c(cc1OC(=O)OCc1ccccc1)CCN[C@]21CS[C@@H]2c3c(OC(C)=O)c(C)c4c(c3[C@H](COC1=O)N1C2[C@H]2c3c(cc(C)c(OC)c3O)C[C@H]([C@@H]1C#N)N2C)OCO4. The third-order valence-corrected chi connectivity index (χ3v) is 15.3. The summed E-state index contributed by atoms with van der Waals surface area (Å²) in [4.78, 5) is 45.5. The Bertz CT molecular complexity index is 2690. The van der Waals surface area contributed by atoms with Crippen LogP contribution in [0.1, 0.15) is 74.3 Å². The summed E-state index contributed by atoms with van der Waals surface area (Å²) in [5.74, 6) is 0.862. The summed E-state index contributed by atoms with van der Waals surface area (Å²) < 4.78 is 47.8. The van der Waals surface area contributed by atoms with Crippen LogP contribution >= 0.6 is 11.8 Å². The van der Waals surface area contributed by atoms with Gasteiger partial charge in [-0.1, -0.05) is 36.4 Å². The van der Waals surface area contributed by atoms with Gasteiger partial charge in [0.1, 0.15) is 25.0 Å². The first-order chi connectivity index (χ1) is 31.4. The Balaban J connectivity index is 1.14. The highest BCUT2D eigenvalue weighted by atomic mass is 32.2. The molecule has 0 aliphatic carbocycles.